The van der Waals surface area contributed by atoms with Gasteiger partial charge in [0.25, 0.3) is 0 Å². The van der Waals surface area contributed by atoms with Gasteiger partial charge in [0.1, 0.15) is 0 Å². The van der Waals surface area contributed by atoms with Crippen molar-refractivity contribution in [1.29, 1.82) is 0 Å². The maximum absolute atomic E-state index is 4.16. The van der Waals surface area contributed by atoms with Crippen molar-refractivity contribution < 1.29 is 0 Å². The van der Waals surface area contributed by atoms with Gasteiger partial charge in [0, 0.05) is 11.1 Å². The molecule has 4 nitrogen and oxygen atoms in total. The van der Waals surface area contributed by atoms with Crippen LogP contribution in [0, 0.1) is 6.92 Å². The molecule has 0 saturated carbocycles. The van der Waals surface area contributed by atoms with Crippen LogP contribution in [0.1, 0.15) is 5.56 Å². The van der Waals surface area contributed by atoms with E-state index in [-0.39, 0.29) is 0 Å². The lowest BCUT2D eigenvalue weighted by molar-refractivity contribution is 0.875. The highest BCUT2D eigenvalue weighted by Crippen LogP contribution is 2.18. The van der Waals surface area contributed by atoms with E-state index in [0.29, 0.717) is 11.6 Å². The van der Waals surface area contributed by atoms with Gasteiger partial charge in [-0.1, -0.05) is 54.6 Å². The molecule has 0 radical (unpaired) electrons. The molecule has 0 unspecified atom stereocenters. The second kappa shape index (κ2) is 4.94. The number of hydrogen-bond acceptors (Lipinski definition) is 4. The van der Waals surface area contributed by atoms with E-state index in [2.05, 4.69) is 20.4 Å². The Hall–Kier alpha value is -2.62. The molecule has 19 heavy (non-hydrogen) atoms. The number of aromatic nitrogens is 4. The van der Waals surface area contributed by atoms with Gasteiger partial charge in [0.05, 0.1) is 0 Å². The molecule has 2 aromatic carbocycles. The topological polar surface area (TPSA) is 51.6 Å². The van der Waals surface area contributed by atoms with Crippen LogP contribution >= 0.6 is 0 Å². The number of hydrogen-bond donors (Lipinski definition) is 0. The molecule has 0 bridgehead atoms. The molecule has 0 saturated heterocycles. The van der Waals surface area contributed by atoms with Gasteiger partial charge in [-0.25, -0.2) is 0 Å². The number of benzene rings is 2. The van der Waals surface area contributed by atoms with Gasteiger partial charge >= 0.3 is 0 Å². The molecule has 1 aromatic heterocycles. The van der Waals surface area contributed by atoms with E-state index < -0.39 is 0 Å². The van der Waals surface area contributed by atoms with Crippen LogP contribution in [0.5, 0.6) is 0 Å². The Labute approximate surface area is 111 Å². The Morgan fingerprint density at radius 3 is 1.89 bits per heavy atom. The van der Waals surface area contributed by atoms with Crippen LogP contribution in [0.15, 0.2) is 54.6 Å². The molecule has 0 amide bonds. The summed E-state index contributed by atoms with van der Waals surface area (Å²) >= 11 is 0. The molecule has 0 atom stereocenters. The van der Waals surface area contributed by atoms with Crippen molar-refractivity contribution in [2.45, 2.75) is 6.92 Å². The van der Waals surface area contributed by atoms with Crippen LogP contribution in [0.3, 0.4) is 0 Å². The average Bonchev–Trinajstić information content (AvgIpc) is 2.49. The third-order valence-corrected chi connectivity index (χ3v) is 2.90. The lowest BCUT2D eigenvalue weighted by atomic mass is 10.1. The fraction of sp³-hybridized carbons (Fsp3) is 0.0667. The summed E-state index contributed by atoms with van der Waals surface area (Å²) in [6.07, 6.45) is 0. The zero-order valence-electron chi connectivity index (χ0n) is 10.5. The van der Waals surface area contributed by atoms with Gasteiger partial charge in [-0.15, -0.1) is 20.4 Å². The summed E-state index contributed by atoms with van der Waals surface area (Å²) in [5.41, 5.74) is 2.99. The van der Waals surface area contributed by atoms with Crippen LogP contribution in [-0.2, 0) is 0 Å². The zero-order chi connectivity index (χ0) is 13.1. The maximum atomic E-state index is 4.16. The fourth-order valence-electron chi connectivity index (χ4n) is 1.86. The maximum Gasteiger partial charge on any atom is 0.203 e. The summed E-state index contributed by atoms with van der Waals surface area (Å²) < 4.78 is 0. The second-order valence-corrected chi connectivity index (χ2v) is 4.23. The van der Waals surface area contributed by atoms with Crippen molar-refractivity contribution in [3.05, 3.63) is 60.2 Å². The Kier molecular flexibility index (Phi) is 2.98. The molecule has 0 N–H and O–H groups in total. The van der Waals surface area contributed by atoms with Gasteiger partial charge in [-0.05, 0) is 12.5 Å². The normalized spacial score (nSPS) is 10.4. The highest BCUT2D eigenvalue weighted by Gasteiger charge is 2.07. The van der Waals surface area contributed by atoms with Crippen LogP contribution in [0.25, 0.3) is 22.8 Å². The van der Waals surface area contributed by atoms with Gasteiger partial charge in [0.15, 0.2) is 0 Å². The van der Waals surface area contributed by atoms with Crippen molar-refractivity contribution in [2.75, 3.05) is 0 Å². The quantitative estimate of drug-likeness (QED) is 0.699. The predicted octanol–water partition coefficient (Wildman–Crippen LogP) is 2.91. The first kappa shape index (κ1) is 11.5. The average molecular weight is 248 g/mol. The molecule has 3 rings (SSSR count). The molecule has 0 aliphatic carbocycles. The van der Waals surface area contributed by atoms with Crippen LogP contribution < -0.4 is 0 Å². The highest BCUT2D eigenvalue weighted by atomic mass is 15.3. The van der Waals surface area contributed by atoms with E-state index in [1.165, 1.54) is 0 Å². The summed E-state index contributed by atoms with van der Waals surface area (Å²) in [6, 6.07) is 17.6. The second-order valence-electron chi connectivity index (χ2n) is 4.23. The Morgan fingerprint density at radius 2 is 1.21 bits per heavy atom. The Balaban J connectivity index is 1.98. The largest absolute Gasteiger partial charge is 0.203 e. The minimum absolute atomic E-state index is 0.540. The number of nitrogens with zero attached hydrogens (tertiary/aromatic N) is 4. The van der Waals surface area contributed by atoms with Crippen molar-refractivity contribution in [3.63, 3.8) is 0 Å². The summed E-state index contributed by atoms with van der Waals surface area (Å²) in [5, 5.41) is 16.6. The van der Waals surface area contributed by atoms with Gasteiger partial charge in [0.2, 0.25) is 11.6 Å². The highest BCUT2D eigenvalue weighted by molar-refractivity contribution is 5.59. The van der Waals surface area contributed by atoms with Crippen molar-refractivity contribution >= 4 is 0 Å². The monoisotopic (exact) mass is 248 g/mol. The lowest BCUT2D eigenvalue weighted by Gasteiger charge is -2.03. The van der Waals surface area contributed by atoms with Gasteiger partial charge in [-0.2, -0.15) is 0 Å². The Morgan fingerprint density at radius 1 is 0.632 bits per heavy atom. The fourth-order valence-corrected chi connectivity index (χ4v) is 1.86. The summed E-state index contributed by atoms with van der Waals surface area (Å²) in [7, 11) is 0. The summed E-state index contributed by atoms with van der Waals surface area (Å²) in [4.78, 5) is 0. The first-order valence-corrected chi connectivity index (χ1v) is 6.03. The lowest BCUT2D eigenvalue weighted by Crippen LogP contribution is -2.00. The van der Waals surface area contributed by atoms with Crippen molar-refractivity contribution in [1.82, 2.24) is 20.4 Å². The SMILES string of the molecule is Cc1ccccc1-c1nnc(-c2ccccc2)nn1. The molecule has 3 aromatic rings. The molecule has 0 aliphatic heterocycles. The van der Waals surface area contributed by atoms with Crippen LogP contribution in [0.2, 0.25) is 0 Å². The Bertz CT molecular complexity index is 678. The summed E-state index contributed by atoms with van der Waals surface area (Å²) in [5.74, 6) is 1.09. The van der Waals surface area contributed by atoms with Crippen molar-refractivity contribution in [2.24, 2.45) is 0 Å². The van der Waals surface area contributed by atoms with E-state index in [1.807, 2.05) is 61.5 Å². The number of rotatable bonds is 2. The van der Waals surface area contributed by atoms with E-state index in [4.69, 9.17) is 0 Å². The molecule has 1 heterocycles. The molecular formula is C15H12N4. The van der Waals surface area contributed by atoms with E-state index >= 15 is 0 Å². The predicted molar refractivity (Wildman–Crippen MR) is 73.2 cm³/mol. The minimum Gasteiger partial charge on any atom is -0.126 e. The van der Waals surface area contributed by atoms with Gasteiger partial charge in [-0.3, -0.25) is 0 Å². The molecule has 92 valence electrons. The molecule has 4 heteroatoms. The number of aryl methyl sites for hydroxylation is 1. The standard InChI is InChI=1S/C15H12N4/c1-11-7-5-6-10-13(11)15-18-16-14(17-19-15)12-8-3-2-4-9-12/h2-10H,1H3. The van der Waals surface area contributed by atoms with Crippen LogP contribution in [-0.4, -0.2) is 20.4 Å². The molecule has 0 spiro atoms. The zero-order valence-corrected chi connectivity index (χ0v) is 10.5. The third kappa shape index (κ3) is 2.33. The minimum atomic E-state index is 0.540. The molecule has 0 fully saturated rings. The molecule has 0 aliphatic rings. The van der Waals surface area contributed by atoms with E-state index in [1.54, 1.807) is 0 Å². The van der Waals surface area contributed by atoms with Crippen LogP contribution in [0.4, 0.5) is 0 Å². The smallest absolute Gasteiger partial charge is 0.126 e. The first-order valence-electron chi connectivity index (χ1n) is 6.03. The first-order chi connectivity index (χ1) is 9.34. The third-order valence-electron chi connectivity index (χ3n) is 2.90. The van der Waals surface area contributed by atoms with E-state index in [9.17, 15) is 0 Å². The molecular weight excluding hydrogens is 236 g/mol. The summed E-state index contributed by atoms with van der Waals surface area (Å²) in [6.45, 7) is 2.02. The van der Waals surface area contributed by atoms with Crippen molar-refractivity contribution in [3.8, 4) is 22.8 Å². The van der Waals surface area contributed by atoms with E-state index in [0.717, 1.165) is 16.7 Å². The van der Waals surface area contributed by atoms with Gasteiger partial charge < -0.3 is 0 Å².